The number of likely N-dealkylation sites (N-methyl/N-ethyl adjacent to an activating group) is 1. The minimum absolute atomic E-state index is 0.0652. The molecular weight excluding hydrogens is 228 g/mol. The van der Waals surface area contributed by atoms with Gasteiger partial charge in [0.15, 0.2) is 0 Å². The molecule has 0 bridgehead atoms. The van der Waals surface area contributed by atoms with Gasteiger partial charge in [-0.05, 0) is 32.9 Å². The molecule has 0 atom stereocenters. The Balaban J connectivity index is 2.97. The lowest BCUT2D eigenvalue weighted by molar-refractivity contribution is 0.0315. The van der Waals surface area contributed by atoms with E-state index in [-0.39, 0.29) is 5.91 Å². The third kappa shape index (κ3) is 3.74. The van der Waals surface area contributed by atoms with E-state index in [1.165, 1.54) is 0 Å². The van der Waals surface area contributed by atoms with Crippen molar-refractivity contribution in [3.63, 3.8) is 0 Å². The van der Waals surface area contributed by atoms with Crippen LogP contribution in [0.4, 0.5) is 5.69 Å². The molecule has 100 valence electrons. The minimum Gasteiger partial charge on any atom is -0.389 e. The van der Waals surface area contributed by atoms with Crippen LogP contribution in [0.25, 0.3) is 0 Å². The molecule has 2 N–H and O–H groups in total. The maximum absolute atomic E-state index is 12.4. The number of para-hydroxylation sites is 1. The van der Waals surface area contributed by atoms with Crippen molar-refractivity contribution in [1.29, 1.82) is 0 Å². The molecule has 0 saturated heterocycles. The molecule has 18 heavy (non-hydrogen) atoms. The quantitative estimate of drug-likeness (QED) is 0.840. The van der Waals surface area contributed by atoms with Crippen molar-refractivity contribution in [2.45, 2.75) is 26.4 Å². The number of nitrogens with one attached hydrogen (secondary N) is 1. The smallest absolute Gasteiger partial charge is 0.256 e. The Hall–Kier alpha value is -1.55. The van der Waals surface area contributed by atoms with Crippen LogP contribution in [0.15, 0.2) is 24.3 Å². The third-order valence-electron chi connectivity index (χ3n) is 2.67. The van der Waals surface area contributed by atoms with Crippen molar-refractivity contribution in [3.05, 3.63) is 29.8 Å². The molecule has 4 nitrogen and oxygen atoms in total. The highest BCUT2D eigenvalue weighted by Crippen LogP contribution is 2.17. The van der Waals surface area contributed by atoms with Crippen LogP contribution in [0.5, 0.6) is 0 Å². The summed E-state index contributed by atoms with van der Waals surface area (Å²) in [5.74, 6) is -0.0652. The molecule has 1 rings (SSSR count). The lowest BCUT2D eigenvalue weighted by atomic mass is 10.1. The number of rotatable bonds is 5. The molecule has 0 saturated carbocycles. The van der Waals surface area contributed by atoms with Gasteiger partial charge in [-0.1, -0.05) is 12.1 Å². The molecule has 0 aliphatic heterocycles. The Kier molecular flexibility index (Phi) is 4.73. The molecule has 0 aromatic heterocycles. The van der Waals surface area contributed by atoms with Gasteiger partial charge in [0.25, 0.3) is 5.91 Å². The molecule has 1 aromatic carbocycles. The van der Waals surface area contributed by atoms with E-state index < -0.39 is 5.60 Å². The third-order valence-corrected chi connectivity index (χ3v) is 2.67. The topological polar surface area (TPSA) is 52.6 Å². The lowest BCUT2D eigenvalue weighted by Gasteiger charge is -2.28. The summed E-state index contributed by atoms with van der Waals surface area (Å²) in [6.45, 7) is 6.20. The molecule has 0 heterocycles. The maximum Gasteiger partial charge on any atom is 0.256 e. The van der Waals surface area contributed by atoms with E-state index in [1.54, 1.807) is 31.9 Å². The monoisotopic (exact) mass is 250 g/mol. The predicted molar refractivity (Wildman–Crippen MR) is 73.9 cm³/mol. The van der Waals surface area contributed by atoms with Crippen LogP contribution in [0.1, 0.15) is 31.1 Å². The van der Waals surface area contributed by atoms with Gasteiger partial charge in [0.1, 0.15) is 0 Å². The van der Waals surface area contributed by atoms with Crippen molar-refractivity contribution in [1.82, 2.24) is 4.90 Å². The molecule has 1 aromatic rings. The summed E-state index contributed by atoms with van der Waals surface area (Å²) in [6.07, 6.45) is 0. The Bertz CT molecular complexity index is 411. The second-order valence-electron chi connectivity index (χ2n) is 4.93. The highest BCUT2D eigenvalue weighted by atomic mass is 16.3. The predicted octanol–water partition coefficient (Wildman–Crippen LogP) is 1.96. The van der Waals surface area contributed by atoms with E-state index in [1.807, 2.05) is 25.1 Å². The van der Waals surface area contributed by atoms with Crippen LogP contribution < -0.4 is 5.32 Å². The first-order chi connectivity index (χ1) is 8.39. The summed E-state index contributed by atoms with van der Waals surface area (Å²) in [5.41, 5.74) is 0.545. The Morgan fingerprint density at radius 2 is 2.00 bits per heavy atom. The summed E-state index contributed by atoms with van der Waals surface area (Å²) in [6, 6.07) is 7.38. The van der Waals surface area contributed by atoms with Gasteiger partial charge in [0.05, 0.1) is 11.2 Å². The number of benzene rings is 1. The van der Waals surface area contributed by atoms with Crippen molar-refractivity contribution in [2.24, 2.45) is 0 Å². The van der Waals surface area contributed by atoms with Gasteiger partial charge >= 0.3 is 0 Å². The first-order valence-corrected chi connectivity index (χ1v) is 6.17. The number of hydrogen-bond donors (Lipinski definition) is 2. The molecule has 0 spiro atoms. The zero-order chi connectivity index (χ0) is 13.8. The number of aliphatic hydroxyl groups is 1. The summed E-state index contributed by atoms with van der Waals surface area (Å²) < 4.78 is 0. The van der Waals surface area contributed by atoms with E-state index in [9.17, 15) is 9.90 Å². The number of carbonyl (C=O) groups is 1. The van der Waals surface area contributed by atoms with Crippen LogP contribution in [0.3, 0.4) is 0 Å². The highest BCUT2D eigenvalue weighted by Gasteiger charge is 2.23. The standard InChI is InChI=1S/C14H22N2O2/c1-5-16(10-14(2,3)18)13(17)11-8-6-7-9-12(11)15-4/h6-9,15,18H,5,10H2,1-4H3. The van der Waals surface area contributed by atoms with E-state index in [4.69, 9.17) is 0 Å². The second kappa shape index (κ2) is 5.87. The van der Waals surface area contributed by atoms with Gasteiger partial charge in [-0.2, -0.15) is 0 Å². The molecule has 4 heteroatoms. The average Bonchev–Trinajstić information content (AvgIpc) is 2.34. The van der Waals surface area contributed by atoms with Crippen LogP contribution in [-0.2, 0) is 0 Å². The molecule has 1 amide bonds. The largest absolute Gasteiger partial charge is 0.389 e. The molecule has 0 aliphatic carbocycles. The van der Waals surface area contributed by atoms with Crippen molar-refractivity contribution in [2.75, 3.05) is 25.5 Å². The van der Waals surface area contributed by atoms with E-state index in [0.29, 0.717) is 18.7 Å². The Labute approximate surface area is 109 Å². The Morgan fingerprint density at radius 1 is 1.39 bits per heavy atom. The summed E-state index contributed by atoms with van der Waals surface area (Å²) in [5, 5.41) is 12.8. The van der Waals surface area contributed by atoms with Gasteiger partial charge in [-0.3, -0.25) is 4.79 Å². The van der Waals surface area contributed by atoms with Crippen molar-refractivity contribution >= 4 is 11.6 Å². The second-order valence-corrected chi connectivity index (χ2v) is 4.93. The van der Waals surface area contributed by atoms with Crippen molar-refractivity contribution < 1.29 is 9.90 Å². The van der Waals surface area contributed by atoms with Gasteiger partial charge < -0.3 is 15.3 Å². The van der Waals surface area contributed by atoms with Crippen LogP contribution in [-0.4, -0.2) is 41.7 Å². The average molecular weight is 250 g/mol. The number of amides is 1. The van der Waals surface area contributed by atoms with E-state index in [2.05, 4.69) is 5.32 Å². The maximum atomic E-state index is 12.4. The van der Waals surface area contributed by atoms with Gasteiger partial charge in [0, 0.05) is 25.8 Å². The van der Waals surface area contributed by atoms with E-state index >= 15 is 0 Å². The molecule has 0 fully saturated rings. The van der Waals surface area contributed by atoms with E-state index in [0.717, 1.165) is 5.69 Å². The molecule has 0 unspecified atom stereocenters. The first-order valence-electron chi connectivity index (χ1n) is 6.17. The number of hydrogen-bond acceptors (Lipinski definition) is 3. The van der Waals surface area contributed by atoms with Gasteiger partial charge in [-0.25, -0.2) is 0 Å². The van der Waals surface area contributed by atoms with Crippen LogP contribution in [0, 0.1) is 0 Å². The summed E-state index contributed by atoms with van der Waals surface area (Å²) in [4.78, 5) is 14.1. The zero-order valence-corrected chi connectivity index (χ0v) is 11.5. The normalized spacial score (nSPS) is 11.2. The van der Waals surface area contributed by atoms with Gasteiger partial charge in [-0.15, -0.1) is 0 Å². The van der Waals surface area contributed by atoms with Crippen LogP contribution in [0.2, 0.25) is 0 Å². The minimum atomic E-state index is -0.889. The molecular formula is C14H22N2O2. The Morgan fingerprint density at radius 3 is 2.50 bits per heavy atom. The molecule has 0 radical (unpaired) electrons. The summed E-state index contributed by atoms with van der Waals surface area (Å²) in [7, 11) is 1.79. The fourth-order valence-electron chi connectivity index (χ4n) is 1.85. The van der Waals surface area contributed by atoms with Crippen molar-refractivity contribution in [3.8, 4) is 0 Å². The summed E-state index contributed by atoms with van der Waals surface area (Å²) >= 11 is 0. The lowest BCUT2D eigenvalue weighted by Crippen LogP contribution is -2.42. The number of nitrogens with zero attached hydrogens (tertiary/aromatic N) is 1. The van der Waals surface area contributed by atoms with Crippen LogP contribution >= 0.6 is 0 Å². The SMILES string of the molecule is CCN(CC(C)(C)O)C(=O)c1ccccc1NC. The first kappa shape index (κ1) is 14.5. The fourth-order valence-corrected chi connectivity index (χ4v) is 1.85. The zero-order valence-electron chi connectivity index (χ0n) is 11.5. The number of carbonyl (C=O) groups excluding carboxylic acids is 1. The molecule has 0 aliphatic rings. The number of anilines is 1. The highest BCUT2D eigenvalue weighted by molar-refractivity contribution is 5.99. The van der Waals surface area contributed by atoms with Gasteiger partial charge in [0.2, 0.25) is 0 Å². The fraction of sp³-hybridized carbons (Fsp3) is 0.500.